The first-order valence-electron chi connectivity index (χ1n) is 22.0. The highest BCUT2D eigenvalue weighted by Gasteiger charge is 2.23. The van der Waals surface area contributed by atoms with E-state index >= 15 is 0 Å². The Hall–Kier alpha value is -2.16. The number of quaternary nitrogens is 1. The topological polar surface area (TPSA) is 147 Å². The van der Waals surface area contributed by atoms with E-state index in [4.69, 9.17) is 14.6 Å². The molecule has 0 aromatic heterocycles. The molecule has 0 aromatic rings. The van der Waals surface area contributed by atoms with Crippen LogP contribution in [0.3, 0.4) is 0 Å². The molecule has 0 rings (SSSR count). The summed E-state index contributed by atoms with van der Waals surface area (Å²) in [6.07, 6.45) is 38.0. The van der Waals surface area contributed by atoms with Crippen LogP contribution in [0.15, 0.2) is 0 Å². The van der Waals surface area contributed by atoms with Crippen LogP contribution in [-0.4, -0.2) is 54.2 Å². The third kappa shape index (κ3) is 36.2. The Labute approximate surface area is 319 Å². The fourth-order valence-electron chi connectivity index (χ4n) is 6.54. The summed E-state index contributed by atoms with van der Waals surface area (Å²) >= 11 is 0. The molecule has 0 bridgehead atoms. The second-order valence-electron chi connectivity index (χ2n) is 15.3. The van der Waals surface area contributed by atoms with Gasteiger partial charge in [0.25, 0.3) is 0 Å². The van der Waals surface area contributed by atoms with E-state index in [0.29, 0.717) is 12.8 Å². The van der Waals surface area contributed by atoms with Crippen LogP contribution in [-0.2, 0) is 28.7 Å². The van der Waals surface area contributed by atoms with Gasteiger partial charge in [-0.25, -0.2) is 4.79 Å². The van der Waals surface area contributed by atoms with Crippen molar-refractivity contribution >= 4 is 23.8 Å². The zero-order valence-corrected chi connectivity index (χ0v) is 34.0. The van der Waals surface area contributed by atoms with Crippen LogP contribution in [0.25, 0.3) is 0 Å². The number of hydrogen-bond acceptors (Lipinski definition) is 6. The van der Waals surface area contributed by atoms with Gasteiger partial charge in [0.15, 0.2) is 6.04 Å². The maximum absolute atomic E-state index is 12.7. The lowest BCUT2D eigenvalue weighted by molar-refractivity contribution is -0.407. The fraction of sp³-hybridized carbons (Fsp3) is 0.907. The molecule has 2 atom stereocenters. The van der Waals surface area contributed by atoms with E-state index in [9.17, 15) is 19.2 Å². The molecule has 1 amide bonds. The van der Waals surface area contributed by atoms with Crippen LogP contribution in [0, 0.1) is 0 Å². The lowest BCUT2D eigenvalue weighted by Crippen LogP contribution is -2.65. The van der Waals surface area contributed by atoms with Gasteiger partial charge in [0.05, 0.1) is 6.04 Å². The molecule has 2 unspecified atom stereocenters. The van der Waals surface area contributed by atoms with Gasteiger partial charge < -0.3 is 25.6 Å². The molecule has 9 nitrogen and oxygen atoms in total. The summed E-state index contributed by atoms with van der Waals surface area (Å²) in [6, 6.07) is -1.80. The largest absolute Gasteiger partial charge is 0.477 e. The van der Waals surface area contributed by atoms with Crippen molar-refractivity contribution in [3.05, 3.63) is 0 Å². The second-order valence-corrected chi connectivity index (χ2v) is 15.3. The van der Waals surface area contributed by atoms with Gasteiger partial charge in [0.2, 0.25) is 5.91 Å². The van der Waals surface area contributed by atoms with Gasteiger partial charge in [0, 0.05) is 12.8 Å². The number of nitrogens with one attached hydrogen (secondary N) is 1. The number of aliphatic carboxylic acids is 1. The molecule has 0 aromatic carbocycles. The average Bonchev–Trinajstić information content (AvgIpc) is 3.12. The lowest BCUT2D eigenvalue weighted by atomic mass is 10.0. The quantitative estimate of drug-likeness (QED) is 0.0419. The maximum atomic E-state index is 12.7. The molecule has 0 saturated carbocycles. The normalized spacial score (nSPS) is 12.4. The van der Waals surface area contributed by atoms with E-state index in [1.807, 2.05) is 0 Å². The number of esters is 2. The molecule has 0 saturated heterocycles. The van der Waals surface area contributed by atoms with E-state index in [0.717, 1.165) is 38.5 Å². The Kier molecular flexibility index (Phi) is 37.0. The Morgan fingerprint density at radius 1 is 0.481 bits per heavy atom. The summed E-state index contributed by atoms with van der Waals surface area (Å²) in [5.41, 5.74) is 3.44. The molecule has 0 aliphatic heterocycles. The number of carboxylic acid groups (broad SMARTS) is 1. The van der Waals surface area contributed by atoms with Crippen molar-refractivity contribution in [3.8, 4) is 0 Å². The molecule has 9 heteroatoms. The first-order valence-corrected chi connectivity index (χ1v) is 22.0. The fourth-order valence-corrected chi connectivity index (χ4v) is 6.54. The van der Waals surface area contributed by atoms with Crippen molar-refractivity contribution in [1.29, 1.82) is 0 Å². The van der Waals surface area contributed by atoms with Gasteiger partial charge >= 0.3 is 17.9 Å². The number of unbranched alkanes of at least 4 members (excludes halogenated alkanes) is 28. The van der Waals surface area contributed by atoms with Gasteiger partial charge in [-0.05, 0) is 12.8 Å². The lowest BCUT2D eigenvalue weighted by Gasteiger charge is -2.19. The molecule has 0 radical (unpaired) electrons. The van der Waals surface area contributed by atoms with E-state index in [1.165, 1.54) is 154 Å². The highest BCUT2D eigenvalue weighted by Crippen LogP contribution is 2.15. The van der Waals surface area contributed by atoms with Crippen molar-refractivity contribution in [2.24, 2.45) is 0 Å². The maximum Gasteiger partial charge on any atom is 0.362 e. The smallest absolute Gasteiger partial charge is 0.362 e. The number of carboxylic acids is 1. The minimum atomic E-state index is -1.18. The zero-order chi connectivity index (χ0) is 38.3. The standard InChI is InChI=1S/C43H82N2O7/c1-3-5-7-9-11-13-15-17-19-21-23-25-27-29-31-33-40(46)45-38(37-52-42(48)35-39(44)43(49)50)36-51-41(47)34-32-30-28-26-24-22-20-18-16-14-12-10-8-6-4-2/h38-39H,3-37,44H2,1-2H3,(H,45,46)(H,49,50)/p+1. The Bertz CT molecular complexity index is 853. The van der Waals surface area contributed by atoms with Crippen LogP contribution in [0.4, 0.5) is 0 Å². The van der Waals surface area contributed by atoms with Gasteiger partial charge in [-0.1, -0.05) is 194 Å². The highest BCUT2D eigenvalue weighted by molar-refractivity contribution is 5.80. The number of amides is 1. The van der Waals surface area contributed by atoms with E-state index in [1.54, 1.807) is 0 Å². The number of hydrogen-bond donors (Lipinski definition) is 3. The molecule has 0 aliphatic carbocycles. The number of ether oxygens (including phenoxy) is 2. The first kappa shape index (κ1) is 49.8. The van der Waals surface area contributed by atoms with Crippen LogP contribution >= 0.6 is 0 Å². The predicted molar refractivity (Wildman–Crippen MR) is 212 cm³/mol. The molecule has 306 valence electrons. The molecule has 0 heterocycles. The summed E-state index contributed by atoms with van der Waals surface area (Å²) in [7, 11) is 0. The summed E-state index contributed by atoms with van der Waals surface area (Å²) in [4.78, 5) is 48.3. The number of carbonyl (C=O) groups excluding carboxylic acids is 3. The minimum Gasteiger partial charge on any atom is -0.477 e. The summed E-state index contributed by atoms with van der Waals surface area (Å²) in [5.74, 6) is -2.40. The summed E-state index contributed by atoms with van der Waals surface area (Å²) in [5, 5.41) is 11.9. The van der Waals surface area contributed by atoms with Gasteiger partial charge in [0.1, 0.15) is 19.6 Å². The van der Waals surface area contributed by atoms with Crippen molar-refractivity contribution in [2.75, 3.05) is 13.2 Å². The van der Waals surface area contributed by atoms with Crippen LogP contribution in [0.1, 0.15) is 226 Å². The SMILES string of the molecule is CCCCCCCCCCCCCCCCCC(=O)NC(COC(=O)CCCCCCCCCCCCCCCCC)COC(=O)CC([NH3+])C(=O)O. The molecule has 5 N–H and O–H groups in total. The van der Waals surface area contributed by atoms with Crippen molar-refractivity contribution in [3.63, 3.8) is 0 Å². The van der Waals surface area contributed by atoms with E-state index < -0.39 is 24.0 Å². The number of rotatable bonds is 40. The Balaban J connectivity index is 4.16. The zero-order valence-electron chi connectivity index (χ0n) is 34.0. The molecule has 52 heavy (non-hydrogen) atoms. The van der Waals surface area contributed by atoms with Crippen LogP contribution in [0.5, 0.6) is 0 Å². The second kappa shape index (κ2) is 38.6. The van der Waals surface area contributed by atoms with Crippen molar-refractivity contribution < 1.29 is 39.5 Å². The van der Waals surface area contributed by atoms with Gasteiger partial charge in [-0.3, -0.25) is 14.4 Å². The van der Waals surface area contributed by atoms with Crippen molar-refractivity contribution in [1.82, 2.24) is 5.32 Å². The molecule has 0 fully saturated rings. The molecular formula is C43H83N2O7+. The third-order valence-electron chi connectivity index (χ3n) is 10.0. The average molecular weight is 740 g/mol. The third-order valence-corrected chi connectivity index (χ3v) is 10.0. The van der Waals surface area contributed by atoms with Crippen LogP contribution in [0.2, 0.25) is 0 Å². The van der Waals surface area contributed by atoms with Crippen molar-refractivity contribution in [2.45, 2.75) is 238 Å². The van der Waals surface area contributed by atoms with E-state index in [-0.39, 0.29) is 31.5 Å². The van der Waals surface area contributed by atoms with Crippen LogP contribution < -0.4 is 11.1 Å². The first-order chi connectivity index (χ1) is 25.3. The summed E-state index contributed by atoms with van der Waals surface area (Å²) in [6.45, 7) is 4.23. The Morgan fingerprint density at radius 2 is 0.788 bits per heavy atom. The van der Waals surface area contributed by atoms with Gasteiger partial charge in [-0.15, -0.1) is 0 Å². The van der Waals surface area contributed by atoms with Gasteiger partial charge in [-0.2, -0.15) is 0 Å². The Morgan fingerprint density at radius 3 is 1.13 bits per heavy atom. The monoisotopic (exact) mass is 740 g/mol. The molecule has 0 aliphatic rings. The predicted octanol–water partition coefficient (Wildman–Crippen LogP) is 10.2. The summed E-state index contributed by atoms with van der Waals surface area (Å²) < 4.78 is 10.7. The number of carbonyl (C=O) groups is 4. The highest BCUT2D eigenvalue weighted by atomic mass is 16.5. The van der Waals surface area contributed by atoms with E-state index in [2.05, 4.69) is 24.9 Å². The molecular weight excluding hydrogens is 656 g/mol. The molecule has 0 spiro atoms. The minimum absolute atomic E-state index is 0.0951.